The fraction of sp³-hybridized carbons (Fsp3) is 0.200. The van der Waals surface area contributed by atoms with Gasteiger partial charge in [-0.05, 0) is 30.5 Å². The molecular formula is C15H15N3OS2. The number of hydrogen-bond acceptors (Lipinski definition) is 5. The van der Waals surface area contributed by atoms with Crippen LogP contribution in [0.5, 0.6) is 0 Å². The summed E-state index contributed by atoms with van der Waals surface area (Å²) in [5.41, 5.74) is 7.22. The van der Waals surface area contributed by atoms with Crippen molar-refractivity contribution in [2.24, 2.45) is 0 Å². The number of pyridine rings is 1. The molecule has 4 nitrogen and oxygen atoms in total. The molecule has 3 aromatic rings. The SMILES string of the molecule is CC(Cc1cccs1)NC(=O)c1sc2cccnc2c1N. The van der Waals surface area contributed by atoms with Gasteiger partial charge in [0.2, 0.25) is 0 Å². The quantitative estimate of drug-likeness (QED) is 0.776. The number of fused-ring (bicyclic) bond motifs is 1. The lowest BCUT2D eigenvalue weighted by Gasteiger charge is -2.12. The minimum atomic E-state index is -0.125. The van der Waals surface area contributed by atoms with Crippen LogP contribution in [0.3, 0.4) is 0 Å². The second-order valence-corrected chi connectivity index (χ2v) is 6.94. The summed E-state index contributed by atoms with van der Waals surface area (Å²) in [6.45, 7) is 2.00. The summed E-state index contributed by atoms with van der Waals surface area (Å²) >= 11 is 3.08. The Hall–Kier alpha value is -1.92. The van der Waals surface area contributed by atoms with E-state index in [9.17, 15) is 4.79 Å². The van der Waals surface area contributed by atoms with Crippen molar-refractivity contribution in [1.82, 2.24) is 10.3 Å². The van der Waals surface area contributed by atoms with Crippen LogP contribution in [0.4, 0.5) is 5.69 Å². The molecule has 1 amide bonds. The number of nitrogens with one attached hydrogen (secondary N) is 1. The number of aromatic nitrogens is 1. The number of nitrogen functional groups attached to an aromatic ring is 1. The number of carbonyl (C=O) groups is 1. The van der Waals surface area contributed by atoms with Gasteiger partial charge in [0.25, 0.3) is 5.91 Å². The molecule has 3 N–H and O–H groups in total. The standard InChI is InChI=1S/C15H15N3OS2/c1-9(8-10-4-3-7-20-10)18-15(19)14-12(16)13-11(21-14)5-2-6-17-13/h2-7,9H,8,16H2,1H3,(H,18,19). The molecule has 0 spiro atoms. The van der Waals surface area contributed by atoms with Crippen LogP contribution in [0.2, 0.25) is 0 Å². The number of nitrogens with zero attached hydrogens (tertiary/aromatic N) is 1. The van der Waals surface area contributed by atoms with Crippen LogP contribution in [-0.4, -0.2) is 16.9 Å². The lowest BCUT2D eigenvalue weighted by Crippen LogP contribution is -2.33. The second kappa shape index (κ2) is 5.83. The molecule has 0 aliphatic heterocycles. The molecule has 1 unspecified atom stereocenters. The van der Waals surface area contributed by atoms with E-state index in [2.05, 4.69) is 16.4 Å². The van der Waals surface area contributed by atoms with E-state index in [4.69, 9.17) is 5.73 Å². The number of nitrogens with two attached hydrogens (primary N) is 1. The summed E-state index contributed by atoms with van der Waals surface area (Å²) in [6, 6.07) is 7.93. The van der Waals surface area contributed by atoms with Crippen molar-refractivity contribution in [1.29, 1.82) is 0 Å². The molecule has 1 atom stereocenters. The fourth-order valence-electron chi connectivity index (χ4n) is 2.19. The van der Waals surface area contributed by atoms with Gasteiger partial charge in [-0.1, -0.05) is 6.07 Å². The molecule has 108 valence electrons. The van der Waals surface area contributed by atoms with Crippen LogP contribution in [0.1, 0.15) is 21.5 Å². The average molecular weight is 317 g/mol. The summed E-state index contributed by atoms with van der Waals surface area (Å²) in [7, 11) is 0. The Bertz CT molecular complexity index is 764. The summed E-state index contributed by atoms with van der Waals surface area (Å²) in [4.78, 5) is 18.4. The molecule has 0 radical (unpaired) electrons. The number of anilines is 1. The molecule has 0 fully saturated rings. The predicted octanol–water partition coefficient (Wildman–Crippen LogP) is 3.30. The van der Waals surface area contributed by atoms with Gasteiger partial charge >= 0.3 is 0 Å². The Balaban J connectivity index is 1.76. The molecule has 0 aliphatic rings. The molecule has 0 aliphatic carbocycles. The zero-order valence-corrected chi connectivity index (χ0v) is 13.1. The van der Waals surface area contributed by atoms with Crippen molar-refractivity contribution in [3.63, 3.8) is 0 Å². The predicted molar refractivity (Wildman–Crippen MR) is 89.0 cm³/mol. The van der Waals surface area contributed by atoms with E-state index in [0.29, 0.717) is 16.1 Å². The maximum Gasteiger partial charge on any atom is 0.263 e. The lowest BCUT2D eigenvalue weighted by atomic mass is 10.2. The zero-order valence-electron chi connectivity index (χ0n) is 11.5. The largest absolute Gasteiger partial charge is 0.396 e. The molecule has 0 saturated heterocycles. The Kier molecular flexibility index (Phi) is 3.90. The van der Waals surface area contributed by atoms with Gasteiger partial charge < -0.3 is 11.1 Å². The first-order chi connectivity index (χ1) is 10.1. The van der Waals surface area contributed by atoms with Gasteiger partial charge in [0, 0.05) is 23.5 Å². The van der Waals surface area contributed by atoms with Gasteiger partial charge in [0.15, 0.2) is 0 Å². The highest BCUT2D eigenvalue weighted by Gasteiger charge is 2.18. The smallest absolute Gasteiger partial charge is 0.263 e. The van der Waals surface area contributed by atoms with Gasteiger partial charge in [-0.25, -0.2) is 0 Å². The van der Waals surface area contributed by atoms with Gasteiger partial charge in [-0.15, -0.1) is 22.7 Å². The van der Waals surface area contributed by atoms with E-state index in [1.807, 2.05) is 30.5 Å². The molecule has 6 heteroatoms. The van der Waals surface area contributed by atoms with Crippen LogP contribution in [0.15, 0.2) is 35.8 Å². The van der Waals surface area contributed by atoms with Gasteiger partial charge in [-0.2, -0.15) is 0 Å². The molecule has 21 heavy (non-hydrogen) atoms. The first-order valence-electron chi connectivity index (χ1n) is 6.61. The van der Waals surface area contributed by atoms with Crippen LogP contribution < -0.4 is 11.1 Å². The van der Waals surface area contributed by atoms with Crippen LogP contribution in [-0.2, 0) is 6.42 Å². The number of rotatable bonds is 4. The third-order valence-electron chi connectivity index (χ3n) is 3.15. The Morgan fingerprint density at radius 3 is 3.00 bits per heavy atom. The Labute approximate surface area is 130 Å². The first kappa shape index (κ1) is 14.0. The van der Waals surface area contributed by atoms with E-state index < -0.39 is 0 Å². The number of hydrogen-bond donors (Lipinski definition) is 2. The molecule has 0 aromatic carbocycles. The highest BCUT2D eigenvalue weighted by Crippen LogP contribution is 2.31. The topological polar surface area (TPSA) is 68.0 Å². The normalized spacial score (nSPS) is 12.4. The third-order valence-corrected chi connectivity index (χ3v) is 5.21. The van der Waals surface area contributed by atoms with Crippen LogP contribution >= 0.6 is 22.7 Å². The van der Waals surface area contributed by atoms with Crippen molar-refractivity contribution in [3.05, 3.63) is 45.6 Å². The maximum absolute atomic E-state index is 12.4. The minimum absolute atomic E-state index is 0.0636. The molecule has 3 heterocycles. The number of amides is 1. The van der Waals surface area contributed by atoms with Crippen molar-refractivity contribution < 1.29 is 4.79 Å². The molecule has 3 rings (SSSR count). The van der Waals surface area contributed by atoms with Crippen LogP contribution in [0.25, 0.3) is 10.2 Å². The second-order valence-electron chi connectivity index (χ2n) is 4.85. The monoisotopic (exact) mass is 317 g/mol. The maximum atomic E-state index is 12.4. The molecule has 0 saturated carbocycles. The summed E-state index contributed by atoms with van der Waals surface area (Å²) in [6.07, 6.45) is 2.51. The van der Waals surface area contributed by atoms with E-state index in [1.54, 1.807) is 17.5 Å². The summed E-state index contributed by atoms with van der Waals surface area (Å²) in [5, 5.41) is 5.05. The van der Waals surface area contributed by atoms with E-state index >= 15 is 0 Å². The third kappa shape index (κ3) is 2.91. The Morgan fingerprint density at radius 1 is 1.43 bits per heavy atom. The molecule has 3 aromatic heterocycles. The summed E-state index contributed by atoms with van der Waals surface area (Å²) in [5.74, 6) is -0.125. The van der Waals surface area contributed by atoms with Gasteiger partial charge in [-0.3, -0.25) is 9.78 Å². The van der Waals surface area contributed by atoms with Crippen molar-refractivity contribution in [2.45, 2.75) is 19.4 Å². The first-order valence-corrected chi connectivity index (χ1v) is 8.31. The average Bonchev–Trinajstić information content (AvgIpc) is 3.07. The van der Waals surface area contributed by atoms with Crippen LogP contribution in [0, 0.1) is 0 Å². The van der Waals surface area contributed by atoms with E-state index in [1.165, 1.54) is 16.2 Å². The van der Waals surface area contributed by atoms with E-state index in [-0.39, 0.29) is 11.9 Å². The summed E-state index contributed by atoms with van der Waals surface area (Å²) < 4.78 is 0.936. The van der Waals surface area contributed by atoms with Crippen molar-refractivity contribution in [2.75, 3.05) is 5.73 Å². The van der Waals surface area contributed by atoms with Gasteiger partial charge in [0.1, 0.15) is 10.4 Å². The van der Waals surface area contributed by atoms with Gasteiger partial charge in [0.05, 0.1) is 10.4 Å². The number of carbonyl (C=O) groups excluding carboxylic acids is 1. The highest BCUT2D eigenvalue weighted by atomic mass is 32.1. The van der Waals surface area contributed by atoms with Crippen molar-refractivity contribution >= 4 is 44.5 Å². The van der Waals surface area contributed by atoms with E-state index in [0.717, 1.165) is 11.1 Å². The van der Waals surface area contributed by atoms with Crippen molar-refractivity contribution in [3.8, 4) is 0 Å². The highest BCUT2D eigenvalue weighted by molar-refractivity contribution is 7.21. The molecular weight excluding hydrogens is 302 g/mol. The lowest BCUT2D eigenvalue weighted by molar-refractivity contribution is 0.0945. The molecule has 0 bridgehead atoms. The zero-order chi connectivity index (χ0) is 14.8. The number of thiophene rings is 2. The minimum Gasteiger partial charge on any atom is -0.396 e. The Morgan fingerprint density at radius 2 is 2.29 bits per heavy atom. The fourth-order valence-corrected chi connectivity index (χ4v) is 4.01.